The average Bonchev–Trinajstić information content (AvgIpc) is 2.99. The molecule has 4 aliphatic carbocycles. The van der Waals surface area contributed by atoms with Crippen molar-refractivity contribution in [1.82, 2.24) is 0 Å². The van der Waals surface area contributed by atoms with Crippen molar-refractivity contribution >= 4 is 6.16 Å². The van der Waals surface area contributed by atoms with Gasteiger partial charge in [0.05, 0.1) is 0 Å². The summed E-state index contributed by atoms with van der Waals surface area (Å²) in [4.78, 5) is 12.6. The van der Waals surface area contributed by atoms with Crippen LogP contribution in [0.15, 0.2) is 0 Å². The Hall–Kier alpha value is -0.730. The highest BCUT2D eigenvalue weighted by atomic mass is 16.7. The van der Waals surface area contributed by atoms with Gasteiger partial charge in [-0.05, 0) is 61.2 Å². The highest BCUT2D eigenvalue weighted by Gasteiger charge is 2.65. The highest BCUT2D eigenvalue weighted by Crippen LogP contribution is 2.67. The number of ether oxygens (including phenoxy) is 2. The Morgan fingerprint density at radius 1 is 0.750 bits per heavy atom. The molecule has 3 nitrogen and oxygen atoms in total. The van der Waals surface area contributed by atoms with Crippen LogP contribution in [0.25, 0.3) is 0 Å². The first kappa shape index (κ1) is 16.7. The van der Waals surface area contributed by atoms with Gasteiger partial charge in [0.2, 0.25) is 0 Å². The van der Waals surface area contributed by atoms with Gasteiger partial charge in [0.25, 0.3) is 0 Å². The van der Waals surface area contributed by atoms with Crippen LogP contribution in [-0.4, -0.2) is 18.4 Å². The van der Waals surface area contributed by atoms with Crippen molar-refractivity contribution in [3.05, 3.63) is 0 Å². The molecule has 0 amide bonds. The van der Waals surface area contributed by atoms with Gasteiger partial charge >= 0.3 is 6.16 Å². The molecule has 0 radical (unpaired) electrons. The van der Waals surface area contributed by atoms with Gasteiger partial charge in [-0.25, -0.2) is 4.79 Å². The number of hydrogen-bond acceptors (Lipinski definition) is 3. The summed E-state index contributed by atoms with van der Waals surface area (Å²) in [6, 6.07) is 0. The van der Waals surface area contributed by atoms with Crippen LogP contribution in [0, 0.1) is 33.5 Å². The Kier molecular flexibility index (Phi) is 3.28. The molecular weight excluding hydrogens is 300 g/mol. The summed E-state index contributed by atoms with van der Waals surface area (Å²) in [5, 5.41) is 0. The first-order valence-corrected chi connectivity index (χ1v) is 9.90. The summed E-state index contributed by atoms with van der Waals surface area (Å²) in [5.74, 6) is 1.36. The molecule has 0 aliphatic heterocycles. The molecule has 4 saturated carbocycles. The fourth-order valence-electron chi connectivity index (χ4n) is 6.88. The first-order chi connectivity index (χ1) is 11.0. The predicted molar refractivity (Wildman–Crippen MR) is 93.6 cm³/mol. The molecule has 3 heteroatoms. The predicted octanol–water partition coefficient (Wildman–Crippen LogP) is 5.57. The molecule has 0 aromatic rings. The lowest BCUT2D eigenvalue weighted by Gasteiger charge is -2.40. The van der Waals surface area contributed by atoms with E-state index in [0.29, 0.717) is 11.8 Å². The molecular formula is C21H34O3. The van der Waals surface area contributed by atoms with E-state index in [9.17, 15) is 4.79 Å². The SMILES string of the molecule is CC1(C)[C@@H]2CC[C@@]1(C)[C@@H](OC(=O)O[C@H]1C[C@H]3CC[C@]1(C)C3(C)C)C2. The van der Waals surface area contributed by atoms with E-state index in [2.05, 4.69) is 41.5 Å². The van der Waals surface area contributed by atoms with Crippen molar-refractivity contribution in [2.24, 2.45) is 33.5 Å². The Labute approximate surface area is 146 Å². The van der Waals surface area contributed by atoms with Crippen LogP contribution < -0.4 is 0 Å². The van der Waals surface area contributed by atoms with Crippen LogP contribution in [0.5, 0.6) is 0 Å². The number of rotatable bonds is 2. The van der Waals surface area contributed by atoms with E-state index in [1.54, 1.807) is 0 Å². The summed E-state index contributed by atoms with van der Waals surface area (Å²) in [5.41, 5.74) is 0.736. The summed E-state index contributed by atoms with van der Waals surface area (Å²) < 4.78 is 11.8. The first-order valence-electron chi connectivity index (χ1n) is 9.90. The third kappa shape index (κ3) is 1.82. The zero-order chi connectivity index (χ0) is 17.5. The zero-order valence-electron chi connectivity index (χ0n) is 16.3. The molecule has 0 heterocycles. The van der Waals surface area contributed by atoms with Gasteiger partial charge in [-0.2, -0.15) is 0 Å². The van der Waals surface area contributed by atoms with E-state index in [1.807, 2.05) is 0 Å². The normalized spacial score (nSPS) is 50.2. The van der Waals surface area contributed by atoms with Crippen molar-refractivity contribution in [3.63, 3.8) is 0 Å². The molecule has 4 fully saturated rings. The fourth-order valence-corrected chi connectivity index (χ4v) is 6.88. The van der Waals surface area contributed by atoms with E-state index in [1.165, 1.54) is 25.7 Å². The van der Waals surface area contributed by atoms with Gasteiger partial charge in [0.1, 0.15) is 12.2 Å². The Bertz CT molecular complexity index is 517. The largest absolute Gasteiger partial charge is 0.508 e. The molecule has 0 spiro atoms. The molecule has 0 N–H and O–H groups in total. The maximum atomic E-state index is 12.6. The molecule has 4 aliphatic rings. The Balaban J connectivity index is 1.43. The minimum absolute atomic E-state index is 0.0261. The zero-order valence-corrected chi connectivity index (χ0v) is 16.3. The monoisotopic (exact) mass is 334 g/mol. The Morgan fingerprint density at radius 2 is 1.12 bits per heavy atom. The second-order valence-electron chi connectivity index (χ2n) is 10.7. The molecule has 0 saturated heterocycles. The van der Waals surface area contributed by atoms with Gasteiger partial charge in [-0.1, -0.05) is 41.5 Å². The van der Waals surface area contributed by atoms with Crippen LogP contribution in [0.2, 0.25) is 0 Å². The molecule has 4 bridgehead atoms. The lowest BCUT2D eigenvalue weighted by atomic mass is 9.70. The molecule has 136 valence electrons. The van der Waals surface area contributed by atoms with Crippen molar-refractivity contribution in [2.75, 3.05) is 0 Å². The second-order valence-corrected chi connectivity index (χ2v) is 10.7. The van der Waals surface area contributed by atoms with Gasteiger partial charge in [0.15, 0.2) is 0 Å². The maximum Gasteiger partial charge on any atom is 0.508 e. The molecule has 24 heavy (non-hydrogen) atoms. The highest BCUT2D eigenvalue weighted by molar-refractivity contribution is 5.61. The van der Waals surface area contributed by atoms with Crippen LogP contribution in [0.1, 0.15) is 80.1 Å². The quantitative estimate of drug-likeness (QED) is 0.619. The van der Waals surface area contributed by atoms with E-state index in [0.717, 1.165) is 12.8 Å². The van der Waals surface area contributed by atoms with Crippen LogP contribution in [-0.2, 0) is 9.47 Å². The fraction of sp³-hybridized carbons (Fsp3) is 0.952. The van der Waals surface area contributed by atoms with Gasteiger partial charge in [-0.15, -0.1) is 0 Å². The van der Waals surface area contributed by atoms with E-state index in [-0.39, 0.29) is 33.9 Å². The number of carbonyl (C=O) groups excluding carboxylic acids is 1. The van der Waals surface area contributed by atoms with E-state index < -0.39 is 6.16 Å². The second kappa shape index (κ2) is 4.71. The van der Waals surface area contributed by atoms with Crippen molar-refractivity contribution in [1.29, 1.82) is 0 Å². The summed E-state index contributed by atoms with van der Waals surface area (Å²) >= 11 is 0. The lowest BCUT2D eigenvalue weighted by Crippen LogP contribution is -2.41. The minimum Gasteiger partial charge on any atom is -0.430 e. The smallest absolute Gasteiger partial charge is 0.430 e. The molecule has 6 atom stereocenters. The third-order valence-electron chi connectivity index (χ3n) is 9.90. The number of carbonyl (C=O) groups is 1. The summed E-state index contributed by atoms with van der Waals surface area (Å²) in [6.45, 7) is 14.0. The molecule has 0 aromatic heterocycles. The summed E-state index contributed by atoms with van der Waals surface area (Å²) in [6.07, 6.45) is 6.53. The summed E-state index contributed by atoms with van der Waals surface area (Å²) in [7, 11) is 0. The number of hydrogen-bond donors (Lipinski definition) is 0. The van der Waals surface area contributed by atoms with Crippen LogP contribution in [0.4, 0.5) is 4.79 Å². The van der Waals surface area contributed by atoms with Crippen molar-refractivity contribution in [3.8, 4) is 0 Å². The van der Waals surface area contributed by atoms with Crippen LogP contribution >= 0.6 is 0 Å². The Morgan fingerprint density at radius 3 is 1.38 bits per heavy atom. The van der Waals surface area contributed by atoms with Gasteiger partial charge in [0, 0.05) is 10.8 Å². The molecule has 0 unspecified atom stereocenters. The van der Waals surface area contributed by atoms with Crippen molar-refractivity contribution in [2.45, 2.75) is 92.3 Å². The van der Waals surface area contributed by atoms with Crippen LogP contribution in [0.3, 0.4) is 0 Å². The third-order valence-corrected chi connectivity index (χ3v) is 9.90. The molecule has 4 rings (SSSR count). The lowest BCUT2D eigenvalue weighted by molar-refractivity contribution is -0.0763. The number of fused-ring (bicyclic) bond motifs is 4. The minimum atomic E-state index is -0.417. The maximum absolute atomic E-state index is 12.6. The van der Waals surface area contributed by atoms with E-state index in [4.69, 9.17) is 9.47 Å². The van der Waals surface area contributed by atoms with Gasteiger partial charge in [-0.3, -0.25) is 0 Å². The average molecular weight is 335 g/mol. The standard InChI is InChI=1S/C21H34O3/c1-18(2)13-7-9-20(18,5)15(11-13)23-17(22)24-16-12-14-8-10-21(16,6)19(14,3)4/h13-16H,7-12H2,1-6H3/t13-,14-,15+,16+,20+,21+/m1/s1. The van der Waals surface area contributed by atoms with E-state index >= 15 is 0 Å². The molecule has 0 aromatic carbocycles. The topological polar surface area (TPSA) is 35.5 Å². The van der Waals surface area contributed by atoms with Gasteiger partial charge < -0.3 is 9.47 Å². The van der Waals surface area contributed by atoms with Crippen molar-refractivity contribution < 1.29 is 14.3 Å².